The Hall–Kier alpha value is -1.35. The van der Waals surface area contributed by atoms with E-state index in [0.29, 0.717) is 12.6 Å². The number of amides is 1. The summed E-state index contributed by atoms with van der Waals surface area (Å²) in [4.78, 5) is 14.8. The zero-order chi connectivity index (χ0) is 13.9. The van der Waals surface area contributed by atoms with Crippen LogP contribution in [-0.4, -0.2) is 36.1 Å². The average Bonchev–Trinajstić information content (AvgIpc) is 2.97. The van der Waals surface area contributed by atoms with Gasteiger partial charge in [0.2, 0.25) is 0 Å². The predicted octanol–water partition coefficient (Wildman–Crippen LogP) is 2.96. The lowest BCUT2D eigenvalue weighted by Gasteiger charge is -2.36. The number of carbonyl (C=O) groups excluding carboxylic acids is 1. The fourth-order valence-electron chi connectivity index (χ4n) is 3.46. The third kappa shape index (κ3) is 2.59. The van der Waals surface area contributed by atoms with E-state index in [0.717, 1.165) is 25.8 Å². The van der Waals surface area contributed by atoms with Gasteiger partial charge in [0.1, 0.15) is 6.10 Å². The van der Waals surface area contributed by atoms with E-state index in [9.17, 15) is 4.79 Å². The van der Waals surface area contributed by atoms with E-state index in [1.807, 2.05) is 23.1 Å². The van der Waals surface area contributed by atoms with Crippen molar-refractivity contribution in [3.05, 3.63) is 35.9 Å². The summed E-state index contributed by atoms with van der Waals surface area (Å²) in [5.74, 6) is 0.418. The van der Waals surface area contributed by atoms with Crippen LogP contribution in [0.1, 0.15) is 44.1 Å². The van der Waals surface area contributed by atoms with Gasteiger partial charge in [-0.15, -0.1) is 0 Å². The minimum Gasteiger partial charge on any atom is -0.368 e. The summed E-state index contributed by atoms with van der Waals surface area (Å²) in [6.45, 7) is 3.74. The quantitative estimate of drug-likeness (QED) is 0.829. The van der Waals surface area contributed by atoms with Gasteiger partial charge in [-0.2, -0.15) is 0 Å². The Kier molecular flexibility index (Phi) is 4.06. The molecular weight excluding hydrogens is 250 g/mol. The van der Waals surface area contributed by atoms with E-state index >= 15 is 0 Å². The van der Waals surface area contributed by atoms with Gasteiger partial charge in [-0.1, -0.05) is 30.3 Å². The molecule has 1 aromatic rings. The normalized spacial score (nSPS) is 30.4. The Labute approximate surface area is 120 Å². The second kappa shape index (κ2) is 5.96. The maximum absolute atomic E-state index is 12.8. The summed E-state index contributed by atoms with van der Waals surface area (Å²) in [6, 6.07) is 10.7. The Morgan fingerprint density at radius 3 is 2.75 bits per heavy atom. The first-order valence-electron chi connectivity index (χ1n) is 7.74. The van der Waals surface area contributed by atoms with Gasteiger partial charge in [0.25, 0.3) is 5.91 Å². The number of benzene rings is 1. The van der Waals surface area contributed by atoms with E-state index in [1.54, 1.807) is 0 Å². The molecule has 0 spiro atoms. The van der Waals surface area contributed by atoms with E-state index in [-0.39, 0.29) is 17.9 Å². The molecule has 3 atom stereocenters. The second-order valence-corrected chi connectivity index (χ2v) is 5.97. The molecule has 0 saturated carbocycles. The monoisotopic (exact) mass is 273 g/mol. The number of rotatable bonds is 2. The summed E-state index contributed by atoms with van der Waals surface area (Å²) in [5.41, 5.74) is 1.23. The van der Waals surface area contributed by atoms with Crippen molar-refractivity contribution in [3.8, 4) is 0 Å². The van der Waals surface area contributed by atoms with Gasteiger partial charge >= 0.3 is 0 Å². The second-order valence-electron chi connectivity index (χ2n) is 5.97. The molecule has 0 aliphatic carbocycles. The van der Waals surface area contributed by atoms with Gasteiger partial charge in [-0.05, 0) is 38.2 Å². The number of nitrogens with zero attached hydrogens (tertiary/aromatic N) is 1. The standard InChI is InChI=1S/C17H23NO2/c1-13-7-5-6-11-18(13)17(19)16-15(10-12-20-16)14-8-3-2-4-9-14/h2-4,8-9,13,15-16H,5-7,10-12H2,1H3/t13?,15-,16-/m1/s1. The molecule has 1 unspecified atom stereocenters. The molecule has 0 N–H and O–H groups in total. The van der Waals surface area contributed by atoms with E-state index in [2.05, 4.69) is 19.1 Å². The number of carbonyl (C=O) groups is 1. The van der Waals surface area contributed by atoms with Gasteiger partial charge in [0.15, 0.2) is 0 Å². The van der Waals surface area contributed by atoms with Crippen LogP contribution in [0.4, 0.5) is 0 Å². The van der Waals surface area contributed by atoms with Crippen LogP contribution in [0.15, 0.2) is 30.3 Å². The molecule has 0 bridgehead atoms. The van der Waals surface area contributed by atoms with Gasteiger partial charge in [0, 0.05) is 25.1 Å². The van der Waals surface area contributed by atoms with Crippen LogP contribution < -0.4 is 0 Å². The molecule has 0 aromatic heterocycles. The summed E-state index contributed by atoms with van der Waals surface area (Å²) in [6.07, 6.45) is 4.15. The van der Waals surface area contributed by atoms with Crippen molar-refractivity contribution in [2.75, 3.05) is 13.2 Å². The van der Waals surface area contributed by atoms with Crippen molar-refractivity contribution >= 4 is 5.91 Å². The maximum atomic E-state index is 12.8. The number of likely N-dealkylation sites (tertiary alicyclic amines) is 1. The third-order valence-electron chi connectivity index (χ3n) is 4.65. The van der Waals surface area contributed by atoms with Crippen molar-refractivity contribution in [3.63, 3.8) is 0 Å². The lowest BCUT2D eigenvalue weighted by Crippen LogP contribution is -2.48. The Morgan fingerprint density at radius 1 is 1.20 bits per heavy atom. The molecule has 3 heteroatoms. The van der Waals surface area contributed by atoms with Crippen LogP contribution in [-0.2, 0) is 9.53 Å². The zero-order valence-electron chi connectivity index (χ0n) is 12.1. The molecule has 0 radical (unpaired) electrons. The lowest BCUT2D eigenvalue weighted by molar-refractivity contribution is -0.144. The Bertz CT molecular complexity index is 459. The van der Waals surface area contributed by atoms with Crippen LogP contribution in [0.5, 0.6) is 0 Å². The molecule has 20 heavy (non-hydrogen) atoms. The summed E-state index contributed by atoms with van der Waals surface area (Å²) >= 11 is 0. The van der Waals surface area contributed by atoms with Crippen molar-refractivity contribution in [1.29, 1.82) is 0 Å². The van der Waals surface area contributed by atoms with Gasteiger partial charge in [-0.25, -0.2) is 0 Å². The lowest BCUT2D eigenvalue weighted by atomic mass is 9.91. The number of hydrogen-bond donors (Lipinski definition) is 0. The Morgan fingerprint density at radius 2 is 2.00 bits per heavy atom. The molecule has 3 rings (SSSR count). The first-order chi connectivity index (χ1) is 9.77. The fraction of sp³-hybridized carbons (Fsp3) is 0.588. The van der Waals surface area contributed by atoms with Crippen molar-refractivity contribution in [2.24, 2.45) is 0 Å². The SMILES string of the molecule is CC1CCCCN1C(=O)[C@@H]1OCC[C@@H]1c1ccccc1. The van der Waals surface area contributed by atoms with Crippen LogP contribution in [0.25, 0.3) is 0 Å². The minimum absolute atomic E-state index is 0.198. The number of ether oxygens (including phenoxy) is 1. The van der Waals surface area contributed by atoms with Crippen molar-refractivity contribution < 1.29 is 9.53 Å². The van der Waals surface area contributed by atoms with Gasteiger partial charge in [-0.3, -0.25) is 4.79 Å². The summed E-state index contributed by atoms with van der Waals surface area (Å²) < 4.78 is 5.79. The molecule has 1 amide bonds. The van der Waals surface area contributed by atoms with Crippen molar-refractivity contribution in [1.82, 2.24) is 4.90 Å². The van der Waals surface area contributed by atoms with Gasteiger partial charge < -0.3 is 9.64 Å². The van der Waals surface area contributed by atoms with Gasteiger partial charge in [0.05, 0.1) is 0 Å². The summed E-state index contributed by atoms with van der Waals surface area (Å²) in [7, 11) is 0. The topological polar surface area (TPSA) is 29.5 Å². The zero-order valence-corrected chi connectivity index (χ0v) is 12.1. The molecule has 2 aliphatic heterocycles. The Balaban J connectivity index is 1.76. The molecule has 2 fully saturated rings. The molecule has 2 saturated heterocycles. The number of piperidine rings is 1. The number of hydrogen-bond acceptors (Lipinski definition) is 2. The van der Waals surface area contributed by atoms with Crippen LogP contribution >= 0.6 is 0 Å². The minimum atomic E-state index is -0.280. The highest BCUT2D eigenvalue weighted by Gasteiger charge is 2.39. The van der Waals surface area contributed by atoms with Crippen LogP contribution in [0.3, 0.4) is 0 Å². The smallest absolute Gasteiger partial charge is 0.252 e. The average molecular weight is 273 g/mol. The first kappa shape index (κ1) is 13.6. The largest absolute Gasteiger partial charge is 0.368 e. The van der Waals surface area contributed by atoms with Crippen LogP contribution in [0.2, 0.25) is 0 Å². The molecular formula is C17H23NO2. The molecule has 108 valence electrons. The highest BCUT2D eigenvalue weighted by molar-refractivity contribution is 5.82. The van der Waals surface area contributed by atoms with Crippen molar-refractivity contribution in [2.45, 2.75) is 50.7 Å². The molecule has 3 nitrogen and oxygen atoms in total. The highest BCUT2D eigenvalue weighted by atomic mass is 16.5. The highest BCUT2D eigenvalue weighted by Crippen LogP contribution is 2.33. The molecule has 2 heterocycles. The van der Waals surface area contributed by atoms with Crippen LogP contribution in [0, 0.1) is 0 Å². The predicted molar refractivity (Wildman–Crippen MR) is 78.6 cm³/mol. The van der Waals surface area contributed by atoms with E-state index < -0.39 is 0 Å². The first-order valence-corrected chi connectivity index (χ1v) is 7.74. The van der Waals surface area contributed by atoms with E-state index in [4.69, 9.17) is 4.74 Å². The van der Waals surface area contributed by atoms with E-state index in [1.165, 1.54) is 12.0 Å². The fourth-order valence-corrected chi connectivity index (χ4v) is 3.46. The maximum Gasteiger partial charge on any atom is 0.252 e. The summed E-state index contributed by atoms with van der Waals surface area (Å²) in [5, 5.41) is 0. The molecule has 1 aromatic carbocycles. The molecule has 2 aliphatic rings. The third-order valence-corrected chi connectivity index (χ3v) is 4.65.